The van der Waals surface area contributed by atoms with Crippen molar-refractivity contribution in [3.63, 3.8) is 0 Å². The summed E-state index contributed by atoms with van der Waals surface area (Å²) in [5.74, 6) is 0.426. The number of benzene rings is 2. The van der Waals surface area contributed by atoms with Crippen molar-refractivity contribution in [1.29, 1.82) is 0 Å². The number of esters is 1. The van der Waals surface area contributed by atoms with Gasteiger partial charge in [0.1, 0.15) is 5.76 Å². The molecule has 0 fully saturated rings. The van der Waals surface area contributed by atoms with Crippen LogP contribution < -0.4 is 10.5 Å². The fourth-order valence-corrected chi connectivity index (χ4v) is 2.16. The summed E-state index contributed by atoms with van der Waals surface area (Å²) in [6, 6.07) is 16.5. The minimum Gasteiger partial charge on any atom is -0.492 e. The molecule has 0 atom stereocenters. The third-order valence-corrected chi connectivity index (χ3v) is 3.55. The Morgan fingerprint density at radius 2 is 1.71 bits per heavy atom. The quantitative estimate of drug-likeness (QED) is 0.204. The minimum absolute atomic E-state index is 0.350. The van der Waals surface area contributed by atoms with Crippen molar-refractivity contribution in [1.82, 2.24) is 0 Å². The van der Waals surface area contributed by atoms with Gasteiger partial charge in [0.15, 0.2) is 5.75 Å². The van der Waals surface area contributed by atoms with Gasteiger partial charge in [-0.3, -0.25) is 0 Å². The molecular weight excluding hydrogens is 302 g/mol. The van der Waals surface area contributed by atoms with Crippen LogP contribution in [0, 0.1) is 0 Å². The van der Waals surface area contributed by atoms with Gasteiger partial charge >= 0.3 is 5.97 Å². The maximum absolute atomic E-state index is 12.5. The monoisotopic (exact) mass is 325 g/mol. The molecule has 4 nitrogen and oxygen atoms in total. The van der Waals surface area contributed by atoms with Gasteiger partial charge < -0.3 is 15.2 Å². The Hall–Kier alpha value is -2.75. The molecule has 0 amide bonds. The van der Waals surface area contributed by atoms with E-state index in [1.54, 1.807) is 31.2 Å². The molecule has 0 aliphatic rings. The van der Waals surface area contributed by atoms with E-state index in [-0.39, 0.29) is 0 Å². The van der Waals surface area contributed by atoms with Gasteiger partial charge in [-0.15, -0.1) is 0 Å². The standard InChI is InChI=1S/C20H23NO3/c1-3-4-14-23-19(16-10-6-5-7-11-16)15(2)20(22)24-18-13-9-8-12-17(18)21/h5-13H,3-4,14,21H2,1-2H3. The number of anilines is 1. The number of nitrogen functional groups attached to an aromatic ring is 1. The van der Waals surface area contributed by atoms with E-state index >= 15 is 0 Å². The molecule has 0 radical (unpaired) electrons. The van der Waals surface area contributed by atoms with Gasteiger partial charge in [0, 0.05) is 5.56 Å². The van der Waals surface area contributed by atoms with Crippen LogP contribution in [-0.4, -0.2) is 12.6 Å². The van der Waals surface area contributed by atoms with E-state index in [1.807, 2.05) is 30.3 Å². The molecule has 4 heteroatoms. The lowest BCUT2D eigenvalue weighted by Gasteiger charge is -2.14. The van der Waals surface area contributed by atoms with E-state index in [0.29, 0.717) is 29.4 Å². The second-order valence-corrected chi connectivity index (χ2v) is 5.45. The summed E-state index contributed by atoms with van der Waals surface area (Å²) in [5.41, 5.74) is 7.52. The first-order valence-corrected chi connectivity index (χ1v) is 8.09. The van der Waals surface area contributed by atoms with Crippen LogP contribution in [0.15, 0.2) is 60.2 Å². The first-order valence-electron chi connectivity index (χ1n) is 8.09. The number of nitrogens with two attached hydrogens (primary N) is 1. The summed E-state index contributed by atoms with van der Waals surface area (Å²) in [4.78, 5) is 12.5. The average molecular weight is 325 g/mol. The van der Waals surface area contributed by atoms with E-state index < -0.39 is 5.97 Å². The van der Waals surface area contributed by atoms with Gasteiger partial charge in [0.25, 0.3) is 0 Å². The molecule has 24 heavy (non-hydrogen) atoms. The van der Waals surface area contributed by atoms with Crippen LogP contribution >= 0.6 is 0 Å². The number of ether oxygens (including phenoxy) is 2. The Morgan fingerprint density at radius 3 is 2.38 bits per heavy atom. The third kappa shape index (κ3) is 4.62. The molecule has 0 heterocycles. The van der Waals surface area contributed by atoms with Gasteiger partial charge in [-0.1, -0.05) is 55.8 Å². The summed E-state index contributed by atoms with van der Waals surface area (Å²) < 4.78 is 11.3. The molecule has 2 rings (SSSR count). The topological polar surface area (TPSA) is 61.5 Å². The largest absolute Gasteiger partial charge is 0.492 e. The maximum atomic E-state index is 12.5. The van der Waals surface area contributed by atoms with Gasteiger partial charge in [0.2, 0.25) is 0 Å². The highest BCUT2D eigenvalue weighted by atomic mass is 16.5. The van der Waals surface area contributed by atoms with Crippen LogP contribution in [0.2, 0.25) is 0 Å². The fourth-order valence-electron chi connectivity index (χ4n) is 2.16. The predicted molar refractivity (Wildman–Crippen MR) is 96.4 cm³/mol. The lowest BCUT2D eigenvalue weighted by Crippen LogP contribution is -2.13. The lowest BCUT2D eigenvalue weighted by atomic mass is 10.1. The number of hydrogen-bond acceptors (Lipinski definition) is 4. The minimum atomic E-state index is -0.469. The number of rotatable bonds is 7. The van der Waals surface area contributed by atoms with Crippen molar-refractivity contribution in [2.75, 3.05) is 12.3 Å². The Kier molecular flexibility index (Phi) is 6.43. The zero-order valence-corrected chi connectivity index (χ0v) is 14.1. The summed E-state index contributed by atoms with van der Waals surface area (Å²) >= 11 is 0. The average Bonchev–Trinajstić information content (AvgIpc) is 2.61. The number of carbonyl (C=O) groups is 1. The van der Waals surface area contributed by atoms with Crippen molar-refractivity contribution in [3.8, 4) is 5.75 Å². The number of hydrogen-bond donors (Lipinski definition) is 1. The van der Waals surface area contributed by atoms with E-state index in [4.69, 9.17) is 15.2 Å². The highest BCUT2D eigenvalue weighted by Gasteiger charge is 2.17. The van der Waals surface area contributed by atoms with Crippen molar-refractivity contribution in [3.05, 3.63) is 65.7 Å². The molecule has 0 unspecified atom stereocenters. The summed E-state index contributed by atoms with van der Waals surface area (Å²) in [7, 11) is 0. The van der Waals surface area contributed by atoms with Crippen molar-refractivity contribution in [2.24, 2.45) is 0 Å². The molecule has 0 aliphatic carbocycles. The van der Waals surface area contributed by atoms with Crippen molar-refractivity contribution in [2.45, 2.75) is 26.7 Å². The fraction of sp³-hybridized carbons (Fsp3) is 0.250. The molecule has 126 valence electrons. The molecular formula is C20H23NO3. The Balaban J connectivity index is 2.27. The summed E-state index contributed by atoms with van der Waals surface area (Å²) in [5, 5.41) is 0. The van der Waals surface area contributed by atoms with Gasteiger partial charge in [-0.2, -0.15) is 0 Å². The van der Waals surface area contributed by atoms with E-state index in [1.165, 1.54) is 0 Å². The molecule has 0 bridgehead atoms. The van der Waals surface area contributed by atoms with Crippen molar-refractivity contribution < 1.29 is 14.3 Å². The summed E-state index contributed by atoms with van der Waals surface area (Å²) in [6.07, 6.45) is 1.94. The van der Waals surface area contributed by atoms with E-state index in [0.717, 1.165) is 18.4 Å². The molecule has 0 saturated heterocycles. The highest BCUT2D eigenvalue weighted by Crippen LogP contribution is 2.25. The van der Waals surface area contributed by atoms with Crippen molar-refractivity contribution >= 4 is 17.4 Å². The molecule has 0 aromatic heterocycles. The molecule has 0 aliphatic heterocycles. The lowest BCUT2D eigenvalue weighted by molar-refractivity contribution is -0.130. The summed E-state index contributed by atoms with van der Waals surface area (Å²) in [6.45, 7) is 4.35. The molecule has 0 spiro atoms. The van der Waals surface area contributed by atoms with Crippen LogP contribution in [0.3, 0.4) is 0 Å². The van der Waals surface area contributed by atoms with Crippen LogP contribution in [0.4, 0.5) is 5.69 Å². The SMILES string of the molecule is CCCCOC(=C(C)C(=O)Oc1ccccc1N)c1ccccc1. The van der Waals surface area contributed by atoms with Crippen LogP contribution in [0.1, 0.15) is 32.3 Å². The molecule has 2 aromatic carbocycles. The van der Waals surface area contributed by atoms with Crippen LogP contribution in [0.25, 0.3) is 5.76 Å². The zero-order chi connectivity index (χ0) is 17.4. The Bertz CT molecular complexity index is 708. The number of carbonyl (C=O) groups excluding carboxylic acids is 1. The number of unbranched alkanes of at least 4 members (excludes halogenated alkanes) is 1. The van der Waals surface area contributed by atoms with E-state index in [2.05, 4.69) is 6.92 Å². The van der Waals surface area contributed by atoms with E-state index in [9.17, 15) is 4.79 Å². The highest BCUT2D eigenvalue weighted by molar-refractivity contribution is 5.97. The normalized spacial score (nSPS) is 11.6. The Labute approximate surface area is 142 Å². The second kappa shape index (κ2) is 8.77. The van der Waals surface area contributed by atoms with Gasteiger partial charge in [0.05, 0.1) is 17.9 Å². The second-order valence-electron chi connectivity index (χ2n) is 5.45. The third-order valence-electron chi connectivity index (χ3n) is 3.55. The number of para-hydroxylation sites is 2. The first kappa shape index (κ1) is 17.6. The zero-order valence-electron chi connectivity index (χ0n) is 14.1. The smallest absolute Gasteiger partial charge is 0.342 e. The molecule has 2 N–H and O–H groups in total. The van der Waals surface area contributed by atoms with Crippen LogP contribution in [0.5, 0.6) is 5.75 Å². The predicted octanol–water partition coefficient (Wildman–Crippen LogP) is 4.42. The Morgan fingerprint density at radius 1 is 1.04 bits per heavy atom. The molecule has 0 saturated carbocycles. The van der Waals surface area contributed by atoms with Gasteiger partial charge in [-0.25, -0.2) is 4.79 Å². The van der Waals surface area contributed by atoms with Gasteiger partial charge in [-0.05, 0) is 25.5 Å². The first-order chi connectivity index (χ1) is 11.6. The maximum Gasteiger partial charge on any atom is 0.342 e. The molecule has 2 aromatic rings. The van der Waals surface area contributed by atoms with Crippen LogP contribution in [-0.2, 0) is 9.53 Å².